The van der Waals surface area contributed by atoms with E-state index < -0.39 is 18.1 Å². The van der Waals surface area contributed by atoms with Gasteiger partial charge < -0.3 is 23.8 Å². The first-order chi connectivity index (χ1) is 26.6. The number of hydrogen-bond acceptors (Lipinski definition) is 6. The van der Waals surface area contributed by atoms with Crippen molar-refractivity contribution in [2.45, 2.75) is 193 Å². The largest absolute Gasteiger partial charge is 0.477 e. The number of aliphatic carboxylic acids is 1. The van der Waals surface area contributed by atoms with Crippen LogP contribution in [0.4, 0.5) is 0 Å². The number of unbranched alkanes of at least 4 members (excludes halogenated alkanes) is 17. The minimum absolute atomic E-state index is 0.0389. The van der Waals surface area contributed by atoms with Gasteiger partial charge in [0.05, 0.1) is 34.4 Å². The van der Waals surface area contributed by atoms with E-state index >= 15 is 0 Å². The third-order valence-electron chi connectivity index (χ3n) is 9.70. The first-order valence-corrected chi connectivity index (χ1v) is 22.2. The van der Waals surface area contributed by atoms with E-state index in [0.29, 0.717) is 19.3 Å². The van der Waals surface area contributed by atoms with Crippen molar-refractivity contribution in [3.8, 4) is 0 Å². The maximum absolute atomic E-state index is 12.7. The number of quaternary nitrogens is 1. The maximum Gasteiger partial charge on any atom is 0.362 e. The van der Waals surface area contributed by atoms with Crippen molar-refractivity contribution in [1.82, 2.24) is 0 Å². The van der Waals surface area contributed by atoms with Gasteiger partial charge in [-0.2, -0.15) is 0 Å². The van der Waals surface area contributed by atoms with Crippen molar-refractivity contribution in [2.24, 2.45) is 0 Å². The number of carboxylic acids is 1. The summed E-state index contributed by atoms with van der Waals surface area (Å²) in [5.74, 6) is -1.56. The Labute approximate surface area is 337 Å². The van der Waals surface area contributed by atoms with Gasteiger partial charge in [-0.15, -0.1) is 0 Å². The molecule has 0 heterocycles. The van der Waals surface area contributed by atoms with Crippen LogP contribution in [0.5, 0.6) is 0 Å². The molecule has 8 nitrogen and oxygen atoms in total. The van der Waals surface area contributed by atoms with E-state index in [0.717, 1.165) is 51.4 Å². The average Bonchev–Trinajstić information content (AvgIpc) is 3.14. The standard InChI is InChI=1S/C47H83NO7/c1-6-8-10-12-14-16-18-20-22-23-24-26-27-29-31-33-35-37-45(49)54-42-43(41-53-40-39-44(47(51)52)48(3,4)5)55-46(50)38-36-34-32-30-28-25-21-19-17-15-13-11-9-7-2/h20,22,24-26,28-29,31,43-44H,6-19,21,23,27,30,32-42H2,1-5H3/p+1/b22-20+,26-24+,28-25+,31-29+. The minimum Gasteiger partial charge on any atom is -0.477 e. The van der Waals surface area contributed by atoms with E-state index in [4.69, 9.17) is 14.2 Å². The Morgan fingerprint density at radius 2 is 0.982 bits per heavy atom. The molecule has 318 valence electrons. The predicted molar refractivity (Wildman–Crippen MR) is 229 cm³/mol. The first-order valence-electron chi connectivity index (χ1n) is 22.2. The highest BCUT2D eigenvalue weighted by Gasteiger charge is 2.31. The molecular formula is C47H84NO7+. The second-order valence-electron chi connectivity index (χ2n) is 15.9. The number of nitrogens with zero attached hydrogens (tertiary/aromatic N) is 1. The molecule has 0 aliphatic heterocycles. The van der Waals surface area contributed by atoms with Gasteiger partial charge in [0.1, 0.15) is 6.61 Å². The molecule has 0 saturated carbocycles. The Morgan fingerprint density at radius 3 is 1.49 bits per heavy atom. The van der Waals surface area contributed by atoms with Crippen molar-refractivity contribution in [1.29, 1.82) is 0 Å². The second-order valence-corrected chi connectivity index (χ2v) is 15.9. The van der Waals surface area contributed by atoms with Gasteiger partial charge in [-0.05, 0) is 70.6 Å². The second kappa shape index (κ2) is 38.2. The number of hydrogen-bond donors (Lipinski definition) is 1. The molecule has 55 heavy (non-hydrogen) atoms. The quantitative estimate of drug-likeness (QED) is 0.0287. The molecule has 8 heteroatoms. The van der Waals surface area contributed by atoms with Crippen molar-refractivity contribution in [3.05, 3.63) is 48.6 Å². The van der Waals surface area contributed by atoms with E-state index in [2.05, 4.69) is 62.5 Å². The van der Waals surface area contributed by atoms with Crippen molar-refractivity contribution in [2.75, 3.05) is 41.0 Å². The zero-order valence-corrected chi connectivity index (χ0v) is 36.1. The third kappa shape index (κ3) is 36.7. The Balaban J connectivity index is 4.45. The Hall–Kier alpha value is -2.71. The van der Waals surface area contributed by atoms with Crippen LogP contribution >= 0.6 is 0 Å². The third-order valence-corrected chi connectivity index (χ3v) is 9.70. The molecule has 0 bridgehead atoms. The Kier molecular flexibility index (Phi) is 36.3. The maximum atomic E-state index is 12.7. The van der Waals surface area contributed by atoms with Gasteiger partial charge in [-0.3, -0.25) is 9.59 Å². The molecule has 0 amide bonds. The van der Waals surface area contributed by atoms with Crippen LogP contribution < -0.4 is 0 Å². The molecule has 0 spiro atoms. The van der Waals surface area contributed by atoms with Crippen molar-refractivity contribution in [3.63, 3.8) is 0 Å². The molecule has 0 rings (SSSR count). The van der Waals surface area contributed by atoms with Crippen LogP contribution in [0.1, 0.15) is 181 Å². The molecule has 1 N–H and O–H groups in total. The number of carbonyl (C=O) groups excluding carboxylic acids is 2. The molecule has 0 aromatic carbocycles. The van der Waals surface area contributed by atoms with E-state index in [1.807, 2.05) is 21.1 Å². The summed E-state index contributed by atoms with van der Waals surface area (Å²) in [7, 11) is 5.50. The number of allylic oxidation sites excluding steroid dienone is 8. The van der Waals surface area contributed by atoms with E-state index in [1.165, 1.54) is 89.9 Å². The number of carbonyl (C=O) groups is 3. The van der Waals surface area contributed by atoms with Gasteiger partial charge in [0, 0.05) is 19.3 Å². The van der Waals surface area contributed by atoms with E-state index in [9.17, 15) is 19.5 Å². The van der Waals surface area contributed by atoms with Gasteiger partial charge in [-0.1, -0.05) is 140 Å². The number of esters is 2. The number of ether oxygens (including phenoxy) is 3. The summed E-state index contributed by atoms with van der Waals surface area (Å²) >= 11 is 0. The normalized spacial score (nSPS) is 13.4. The molecule has 0 radical (unpaired) electrons. The highest BCUT2D eigenvalue weighted by atomic mass is 16.6. The van der Waals surface area contributed by atoms with E-state index in [-0.39, 0.29) is 42.7 Å². The minimum atomic E-state index is -0.884. The summed E-state index contributed by atoms with van der Waals surface area (Å²) in [5, 5.41) is 9.61. The fourth-order valence-electron chi connectivity index (χ4n) is 6.22. The molecular weight excluding hydrogens is 691 g/mol. The summed E-state index contributed by atoms with van der Waals surface area (Å²) in [4.78, 5) is 36.9. The highest BCUT2D eigenvalue weighted by Crippen LogP contribution is 2.13. The molecule has 2 unspecified atom stereocenters. The lowest BCUT2D eigenvalue weighted by Gasteiger charge is -2.31. The zero-order valence-electron chi connectivity index (χ0n) is 36.1. The zero-order chi connectivity index (χ0) is 40.7. The molecule has 0 aliphatic carbocycles. The molecule has 0 aromatic rings. The van der Waals surface area contributed by atoms with Gasteiger partial charge in [-0.25, -0.2) is 4.79 Å². The summed E-state index contributed by atoms with van der Waals surface area (Å²) in [5.41, 5.74) is 0. The van der Waals surface area contributed by atoms with Crippen molar-refractivity contribution < 1.29 is 38.2 Å². The topological polar surface area (TPSA) is 99.1 Å². The number of carboxylic acid groups (broad SMARTS) is 1. The smallest absolute Gasteiger partial charge is 0.362 e. The van der Waals surface area contributed by atoms with Crippen LogP contribution in [-0.4, -0.2) is 80.6 Å². The fourth-order valence-corrected chi connectivity index (χ4v) is 6.22. The molecule has 0 saturated heterocycles. The van der Waals surface area contributed by atoms with Gasteiger partial charge in [0.15, 0.2) is 12.1 Å². The molecule has 0 fully saturated rings. The van der Waals surface area contributed by atoms with Gasteiger partial charge >= 0.3 is 17.9 Å². The first kappa shape index (κ1) is 52.3. The van der Waals surface area contributed by atoms with Crippen LogP contribution in [0.2, 0.25) is 0 Å². The Morgan fingerprint density at radius 1 is 0.545 bits per heavy atom. The number of rotatable bonds is 39. The predicted octanol–water partition coefficient (Wildman–Crippen LogP) is 12.0. The fraction of sp³-hybridized carbons (Fsp3) is 0.766. The SMILES string of the molecule is CCCCCCCC/C=C/C/C=C/C/C=C/CCCC(=O)OCC(COCCC(C(=O)O)[N+](C)(C)C)OC(=O)CCCCC/C=C/CCCCCCCCC. The molecule has 0 aromatic heterocycles. The van der Waals surface area contributed by atoms with Gasteiger partial charge in [0.25, 0.3) is 0 Å². The summed E-state index contributed by atoms with van der Waals surface area (Å²) in [6, 6.07) is -0.624. The van der Waals surface area contributed by atoms with E-state index in [1.54, 1.807) is 0 Å². The lowest BCUT2D eigenvalue weighted by atomic mass is 10.1. The molecule has 0 aliphatic rings. The van der Waals surface area contributed by atoms with Crippen LogP contribution in [0.3, 0.4) is 0 Å². The lowest BCUT2D eigenvalue weighted by Crippen LogP contribution is -2.50. The van der Waals surface area contributed by atoms with Crippen molar-refractivity contribution >= 4 is 17.9 Å². The Bertz CT molecular complexity index is 1040. The summed E-state index contributed by atoms with van der Waals surface area (Å²) in [6.45, 7) is 4.65. The van der Waals surface area contributed by atoms with Crippen LogP contribution in [0, 0.1) is 0 Å². The summed E-state index contributed by atoms with van der Waals surface area (Å²) < 4.78 is 17.2. The van der Waals surface area contributed by atoms with Crippen LogP contribution in [-0.2, 0) is 28.6 Å². The average molecular weight is 775 g/mol. The molecule has 2 atom stereocenters. The highest BCUT2D eigenvalue weighted by molar-refractivity contribution is 5.72. The van der Waals surface area contributed by atoms with Crippen LogP contribution in [0.25, 0.3) is 0 Å². The number of likely N-dealkylation sites (N-methyl/N-ethyl adjacent to an activating group) is 1. The monoisotopic (exact) mass is 775 g/mol. The lowest BCUT2D eigenvalue weighted by molar-refractivity contribution is -0.887. The van der Waals surface area contributed by atoms with Gasteiger partial charge in [0.2, 0.25) is 0 Å². The summed E-state index contributed by atoms with van der Waals surface area (Å²) in [6.07, 6.45) is 44.5. The van der Waals surface area contributed by atoms with Crippen LogP contribution in [0.15, 0.2) is 48.6 Å².